The lowest BCUT2D eigenvalue weighted by Crippen LogP contribution is -2.13. The average Bonchev–Trinajstić information content (AvgIpc) is 2.70. The van der Waals surface area contributed by atoms with E-state index in [1.807, 2.05) is 12.1 Å². The van der Waals surface area contributed by atoms with Crippen LogP contribution in [0.1, 0.15) is 38.4 Å². The summed E-state index contributed by atoms with van der Waals surface area (Å²) in [6, 6.07) is 12.5. The van der Waals surface area contributed by atoms with Crippen LogP contribution < -0.4 is 19.5 Å². The molecule has 0 spiro atoms. The van der Waals surface area contributed by atoms with Gasteiger partial charge in [0.1, 0.15) is 17.2 Å². The van der Waals surface area contributed by atoms with Gasteiger partial charge in [-0.3, -0.25) is 4.79 Å². The number of anilines is 1. The van der Waals surface area contributed by atoms with Gasteiger partial charge in [-0.2, -0.15) is 0 Å². The molecule has 0 bridgehead atoms. The van der Waals surface area contributed by atoms with Crippen LogP contribution in [0.2, 0.25) is 0 Å². The second-order valence-corrected chi connectivity index (χ2v) is 6.94. The van der Waals surface area contributed by atoms with Crippen LogP contribution >= 0.6 is 0 Å². The van der Waals surface area contributed by atoms with Crippen molar-refractivity contribution >= 4 is 11.6 Å². The van der Waals surface area contributed by atoms with E-state index in [0.29, 0.717) is 35.3 Å². The maximum Gasteiger partial charge on any atom is 0.224 e. The zero-order chi connectivity index (χ0) is 20.5. The van der Waals surface area contributed by atoms with Gasteiger partial charge in [0.25, 0.3) is 0 Å². The highest BCUT2D eigenvalue weighted by molar-refractivity contribution is 5.90. The van der Waals surface area contributed by atoms with Crippen LogP contribution in [-0.2, 0) is 4.79 Å². The smallest absolute Gasteiger partial charge is 0.224 e. The second kappa shape index (κ2) is 10.6. The number of hydrogen-bond acceptors (Lipinski definition) is 5. The summed E-state index contributed by atoms with van der Waals surface area (Å²) in [5.41, 5.74) is 1.32. The van der Waals surface area contributed by atoms with E-state index in [4.69, 9.17) is 14.2 Å². The molecule has 1 unspecified atom stereocenters. The molecule has 2 aromatic carbocycles. The molecular weight excluding hydrogens is 358 g/mol. The summed E-state index contributed by atoms with van der Waals surface area (Å²) in [5.74, 6) is 2.24. The van der Waals surface area contributed by atoms with Crippen molar-refractivity contribution in [1.82, 2.24) is 0 Å². The zero-order valence-electron chi connectivity index (χ0n) is 16.9. The van der Waals surface area contributed by atoms with Gasteiger partial charge < -0.3 is 24.6 Å². The molecule has 28 heavy (non-hydrogen) atoms. The Morgan fingerprint density at radius 3 is 2.32 bits per heavy atom. The Labute approximate surface area is 166 Å². The highest BCUT2D eigenvalue weighted by Crippen LogP contribution is 2.31. The van der Waals surface area contributed by atoms with Gasteiger partial charge in [0, 0.05) is 23.7 Å². The Kier molecular flexibility index (Phi) is 8.14. The van der Waals surface area contributed by atoms with Gasteiger partial charge in [-0.15, -0.1) is 0 Å². The second-order valence-electron chi connectivity index (χ2n) is 6.94. The van der Waals surface area contributed by atoms with Gasteiger partial charge in [0.2, 0.25) is 5.91 Å². The number of rotatable bonds is 10. The molecule has 0 saturated heterocycles. The molecule has 6 heteroatoms. The molecule has 1 amide bonds. The van der Waals surface area contributed by atoms with E-state index in [0.717, 1.165) is 5.75 Å². The fourth-order valence-corrected chi connectivity index (χ4v) is 2.64. The number of hydrogen-bond donors (Lipinski definition) is 2. The number of ether oxygens (including phenoxy) is 3. The number of aliphatic hydroxyl groups excluding tert-OH is 1. The molecule has 0 saturated carbocycles. The third-order valence-electron chi connectivity index (χ3n) is 4.17. The summed E-state index contributed by atoms with van der Waals surface area (Å²) in [4.78, 5) is 12.2. The number of carbonyl (C=O) groups excluding carboxylic acids is 1. The topological polar surface area (TPSA) is 77.0 Å². The largest absolute Gasteiger partial charge is 0.497 e. The molecule has 152 valence electrons. The zero-order valence-corrected chi connectivity index (χ0v) is 16.9. The molecule has 1 atom stereocenters. The summed E-state index contributed by atoms with van der Waals surface area (Å²) in [5, 5.41) is 13.3. The summed E-state index contributed by atoms with van der Waals surface area (Å²) in [7, 11) is 3.10. The fourth-order valence-electron chi connectivity index (χ4n) is 2.64. The first-order valence-electron chi connectivity index (χ1n) is 9.35. The standard InChI is InChI=1S/C22H29NO5/c1-15(2)14-28-17-7-5-16(6-8-17)23-22(25)12-11-20(24)19-10-9-18(26-3)13-21(19)27-4/h5-10,13,15,20,24H,11-12,14H2,1-4H3,(H,23,25). The van der Waals surface area contributed by atoms with Crippen molar-refractivity contribution in [2.45, 2.75) is 32.8 Å². The lowest BCUT2D eigenvalue weighted by molar-refractivity contribution is -0.116. The highest BCUT2D eigenvalue weighted by Gasteiger charge is 2.16. The van der Waals surface area contributed by atoms with Crippen molar-refractivity contribution in [1.29, 1.82) is 0 Å². The molecule has 0 aliphatic carbocycles. The van der Waals surface area contributed by atoms with Crippen LogP contribution in [0, 0.1) is 5.92 Å². The minimum atomic E-state index is -0.807. The van der Waals surface area contributed by atoms with Gasteiger partial charge in [-0.1, -0.05) is 13.8 Å². The van der Waals surface area contributed by atoms with Gasteiger partial charge in [0.15, 0.2) is 0 Å². The van der Waals surface area contributed by atoms with Crippen molar-refractivity contribution in [3.8, 4) is 17.2 Å². The first-order chi connectivity index (χ1) is 13.4. The Balaban J connectivity index is 1.86. The van der Waals surface area contributed by atoms with Gasteiger partial charge in [-0.25, -0.2) is 0 Å². The number of carbonyl (C=O) groups is 1. The van der Waals surface area contributed by atoms with Crippen molar-refractivity contribution < 1.29 is 24.1 Å². The first-order valence-corrected chi connectivity index (χ1v) is 9.35. The summed E-state index contributed by atoms with van der Waals surface area (Å²) >= 11 is 0. The van der Waals surface area contributed by atoms with Gasteiger partial charge in [-0.05, 0) is 48.7 Å². The molecule has 0 fully saturated rings. The third-order valence-corrected chi connectivity index (χ3v) is 4.17. The number of amides is 1. The van der Waals surface area contributed by atoms with Crippen LogP contribution in [0.15, 0.2) is 42.5 Å². The third kappa shape index (κ3) is 6.46. The van der Waals surface area contributed by atoms with E-state index in [1.54, 1.807) is 37.4 Å². The lowest BCUT2D eigenvalue weighted by atomic mass is 10.0. The Morgan fingerprint density at radius 1 is 1.04 bits per heavy atom. The Bertz CT molecular complexity index is 758. The molecule has 6 nitrogen and oxygen atoms in total. The maximum absolute atomic E-state index is 12.2. The Hall–Kier alpha value is -2.73. The molecule has 0 aliphatic heterocycles. The van der Waals surface area contributed by atoms with E-state index in [2.05, 4.69) is 19.2 Å². The quantitative estimate of drug-likeness (QED) is 0.639. The minimum Gasteiger partial charge on any atom is -0.497 e. The van der Waals surface area contributed by atoms with Crippen LogP contribution in [0.5, 0.6) is 17.2 Å². The molecule has 2 rings (SSSR count). The van der Waals surface area contributed by atoms with Crippen LogP contribution in [0.25, 0.3) is 0 Å². The molecule has 0 heterocycles. The van der Waals surface area contributed by atoms with Gasteiger partial charge >= 0.3 is 0 Å². The van der Waals surface area contributed by atoms with Crippen molar-refractivity contribution in [2.24, 2.45) is 5.92 Å². The van der Waals surface area contributed by atoms with Crippen LogP contribution in [0.4, 0.5) is 5.69 Å². The van der Waals surface area contributed by atoms with Crippen LogP contribution in [0.3, 0.4) is 0 Å². The number of methoxy groups -OCH3 is 2. The summed E-state index contributed by atoms with van der Waals surface area (Å²) < 4.78 is 16.1. The number of nitrogens with one attached hydrogen (secondary N) is 1. The number of benzene rings is 2. The van der Waals surface area contributed by atoms with E-state index in [1.165, 1.54) is 7.11 Å². The summed E-state index contributed by atoms with van der Waals surface area (Å²) in [6.45, 7) is 4.83. The lowest BCUT2D eigenvalue weighted by Gasteiger charge is -2.16. The molecule has 0 radical (unpaired) electrons. The minimum absolute atomic E-state index is 0.164. The Morgan fingerprint density at radius 2 is 1.71 bits per heavy atom. The van der Waals surface area contributed by atoms with Gasteiger partial charge in [0.05, 0.1) is 26.9 Å². The molecule has 2 N–H and O–H groups in total. The summed E-state index contributed by atoms with van der Waals surface area (Å²) in [6.07, 6.45) is -0.343. The predicted octanol–water partition coefficient (Wildman–Crippen LogP) is 4.19. The molecule has 2 aromatic rings. The van der Waals surface area contributed by atoms with E-state index in [9.17, 15) is 9.90 Å². The monoisotopic (exact) mass is 387 g/mol. The highest BCUT2D eigenvalue weighted by atomic mass is 16.5. The average molecular weight is 387 g/mol. The van der Waals surface area contributed by atoms with Crippen molar-refractivity contribution in [3.63, 3.8) is 0 Å². The van der Waals surface area contributed by atoms with Crippen molar-refractivity contribution in [3.05, 3.63) is 48.0 Å². The normalized spacial score (nSPS) is 11.8. The van der Waals surface area contributed by atoms with E-state index in [-0.39, 0.29) is 18.7 Å². The maximum atomic E-state index is 12.2. The number of aliphatic hydroxyl groups is 1. The first kappa shape index (κ1) is 21.6. The van der Waals surface area contributed by atoms with E-state index >= 15 is 0 Å². The predicted molar refractivity (Wildman–Crippen MR) is 109 cm³/mol. The van der Waals surface area contributed by atoms with E-state index < -0.39 is 6.10 Å². The fraction of sp³-hybridized carbons (Fsp3) is 0.409. The SMILES string of the molecule is COc1ccc(C(O)CCC(=O)Nc2ccc(OCC(C)C)cc2)c(OC)c1. The van der Waals surface area contributed by atoms with Crippen LogP contribution in [-0.4, -0.2) is 31.8 Å². The molecular formula is C22H29NO5. The molecule has 0 aromatic heterocycles. The molecule has 0 aliphatic rings. The van der Waals surface area contributed by atoms with Crippen molar-refractivity contribution in [2.75, 3.05) is 26.1 Å².